The summed E-state index contributed by atoms with van der Waals surface area (Å²) in [6.07, 6.45) is -3.45. The minimum absolute atomic E-state index is 0.0548. The molecule has 0 saturated heterocycles. The van der Waals surface area contributed by atoms with Crippen molar-refractivity contribution in [3.05, 3.63) is 77.0 Å². The maximum Gasteiger partial charge on any atom is 0.416 e. The second-order valence-electron chi connectivity index (χ2n) is 7.04. The number of alkyl halides is 3. The van der Waals surface area contributed by atoms with Crippen LogP contribution < -0.4 is 16.4 Å². The number of nitrogen functional groups attached to an aromatic ring is 1. The zero-order valence-corrected chi connectivity index (χ0v) is 16.9. The Morgan fingerprint density at radius 2 is 1.94 bits per heavy atom. The molecule has 7 nitrogen and oxygen atoms in total. The molecule has 5 N–H and O–H groups in total. The van der Waals surface area contributed by atoms with Crippen LogP contribution in [0.2, 0.25) is 0 Å². The Bertz CT molecular complexity index is 1100. The molecule has 166 valence electrons. The molecule has 0 aliphatic heterocycles. The minimum Gasteiger partial charge on any atom is -0.381 e. The van der Waals surface area contributed by atoms with Crippen LogP contribution in [0.4, 0.5) is 24.7 Å². The van der Waals surface area contributed by atoms with Crippen molar-refractivity contribution in [2.24, 2.45) is 0 Å². The summed E-state index contributed by atoms with van der Waals surface area (Å²) in [6.45, 7) is 0.402. The Hall–Kier alpha value is -3.84. The molecule has 0 fully saturated rings. The maximum absolute atomic E-state index is 13.0. The molecule has 0 saturated carbocycles. The highest BCUT2D eigenvalue weighted by Crippen LogP contribution is 2.31. The number of carbonyl (C=O) groups is 1. The summed E-state index contributed by atoms with van der Waals surface area (Å²) >= 11 is 0. The van der Waals surface area contributed by atoms with Crippen molar-refractivity contribution in [2.45, 2.75) is 25.1 Å². The molecule has 10 heteroatoms. The van der Waals surface area contributed by atoms with Crippen LogP contribution in [0.5, 0.6) is 0 Å². The van der Waals surface area contributed by atoms with E-state index in [0.29, 0.717) is 36.2 Å². The average Bonchev–Trinajstić information content (AvgIpc) is 3.13. The lowest BCUT2D eigenvalue weighted by atomic mass is 10.1. The number of amides is 1. The van der Waals surface area contributed by atoms with E-state index in [-0.39, 0.29) is 11.5 Å². The highest BCUT2D eigenvalue weighted by Gasteiger charge is 2.30. The second-order valence-corrected chi connectivity index (χ2v) is 7.04. The van der Waals surface area contributed by atoms with Crippen LogP contribution in [-0.2, 0) is 17.4 Å². The van der Waals surface area contributed by atoms with Crippen LogP contribution in [0.1, 0.15) is 34.8 Å². The second kappa shape index (κ2) is 9.98. The first kappa shape index (κ1) is 22.8. The lowest BCUT2D eigenvalue weighted by Gasteiger charge is -2.19. The summed E-state index contributed by atoms with van der Waals surface area (Å²) in [5.41, 5.74) is 6.41. The van der Waals surface area contributed by atoms with Crippen molar-refractivity contribution < 1.29 is 18.0 Å². The van der Waals surface area contributed by atoms with Gasteiger partial charge in [0.15, 0.2) is 5.82 Å². The number of H-pyrrole nitrogens is 1. The number of carbonyl (C=O) groups excluding carboxylic acids is 1. The third kappa shape index (κ3) is 5.65. The molecule has 0 aliphatic carbocycles. The molecule has 3 rings (SSSR count). The van der Waals surface area contributed by atoms with Gasteiger partial charge in [-0.1, -0.05) is 36.4 Å². The lowest BCUT2D eigenvalue weighted by Crippen LogP contribution is -2.33. The van der Waals surface area contributed by atoms with Crippen LogP contribution in [0.15, 0.2) is 54.6 Å². The Kier molecular flexibility index (Phi) is 7.12. The molecule has 2 aromatic carbocycles. The molecular formula is C22H21F3N6O. The summed E-state index contributed by atoms with van der Waals surface area (Å²) in [5.74, 6) is -0.350. The quantitative estimate of drug-likeness (QED) is 0.396. The van der Waals surface area contributed by atoms with E-state index in [1.807, 2.05) is 6.07 Å². The molecule has 0 radical (unpaired) electrons. The van der Waals surface area contributed by atoms with Crippen LogP contribution >= 0.6 is 0 Å². The van der Waals surface area contributed by atoms with Gasteiger partial charge < -0.3 is 16.4 Å². The van der Waals surface area contributed by atoms with Crippen molar-refractivity contribution in [2.75, 3.05) is 17.6 Å². The first-order valence-corrected chi connectivity index (χ1v) is 9.79. The van der Waals surface area contributed by atoms with Crippen LogP contribution in [0.25, 0.3) is 0 Å². The lowest BCUT2D eigenvalue weighted by molar-refractivity contribution is -0.137. The van der Waals surface area contributed by atoms with Crippen LogP contribution in [-0.4, -0.2) is 22.6 Å². The average molecular weight is 442 g/mol. The number of nitrogens with two attached hydrogens (primary N) is 1. The van der Waals surface area contributed by atoms with Gasteiger partial charge in [-0.2, -0.15) is 23.5 Å². The minimum atomic E-state index is -4.50. The van der Waals surface area contributed by atoms with Crippen LogP contribution in [0.3, 0.4) is 0 Å². The number of anilines is 2. The number of rotatable bonds is 8. The molecular weight excluding hydrogens is 421 g/mol. The van der Waals surface area contributed by atoms with E-state index in [4.69, 9.17) is 11.0 Å². The molecule has 0 aliphatic rings. The van der Waals surface area contributed by atoms with E-state index in [0.717, 1.165) is 12.1 Å². The number of aromatic amines is 1. The topological polar surface area (TPSA) is 120 Å². The van der Waals surface area contributed by atoms with Gasteiger partial charge >= 0.3 is 6.18 Å². The number of halogens is 3. The van der Waals surface area contributed by atoms with Gasteiger partial charge in [0.1, 0.15) is 17.7 Å². The van der Waals surface area contributed by atoms with Crippen molar-refractivity contribution in [3.8, 4) is 6.07 Å². The van der Waals surface area contributed by atoms with Gasteiger partial charge in [0, 0.05) is 5.69 Å². The summed E-state index contributed by atoms with van der Waals surface area (Å²) in [5, 5.41) is 21.4. The zero-order valence-electron chi connectivity index (χ0n) is 16.9. The molecule has 1 aromatic heterocycles. The molecule has 3 aromatic rings. The maximum atomic E-state index is 13.0. The summed E-state index contributed by atoms with van der Waals surface area (Å²) < 4.78 is 38.9. The number of aryl methyl sites for hydroxylation is 1. The first-order chi connectivity index (χ1) is 15.3. The van der Waals surface area contributed by atoms with E-state index in [2.05, 4.69) is 20.8 Å². The fourth-order valence-electron chi connectivity index (χ4n) is 3.21. The van der Waals surface area contributed by atoms with Crippen molar-refractivity contribution in [1.29, 1.82) is 5.26 Å². The van der Waals surface area contributed by atoms with Crippen molar-refractivity contribution >= 4 is 17.4 Å². The van der Waals surface area contributed by atoms with Crippen LogP contribution in [0, 0.1) is 11.3 Å². The van der Waals surface area contributed by atoms with Gasteiger partial charge in [-0.15, -0.1) is 0 Å². The summed E-state index contributed by atoms with van der Waals surface area (Å²) in [7, 11) is 0. The Labute approximate surface area is 182 Å². The molecule has 0 spiro atoms. The predicted molar refractivity (Wildman–Crippen MR) is 113 cm³/mol. The fourth-order valence-corrected chi connectivity index (χ4v) is 3.21. The standard InChI is InChI=1S/C22H21F3N6O/c23-22(24,25)15-8-4-9-16(12-15)29-21(32)19(14-6-2-1-3-7-14)28-11-5-10-18-17(13-26)20(27)31-30-18/h1-4,6-9,12,19,28H,5,10-11H2,(H,29,32)(H3,27,30,31)/t19-/m0/s1. The number of benzene rings is 2. The SMILES string of the molecule is N#Cc1c(N)n[nH]c1CCCN[C@H](C(=O)Nc1cccc(C(F)(F)F)c1)c1ccccc1. The van der Waals surface area contributed by atoms with Gasteiger partial charge in [-0.3, -0.25) is 9.89 Å². The zero-order chi connectivity index (χ0) is 23.1. The van der Waals surface area contributed by atoms with Gasteiger partial charge in [-0.05, 0) is 43.1 Å². The van der Waals surface area contributed by atoms with Gasteiger partial charge in [0.2, 0.25) is 5.91 Å². The Balaban J connectivity index is 1.68. The largest absolute Gasteiger partial charge is 0.416 e. The Morgan fingerprint density at radius 1 is 1.19 bits per heavy atom. The number of hydrogen-bond acceptors (Lipinski definition) is 5. The molecule has 0 bridgehead atoms. The molecule has 0 unspecified atom stereocenters. The number of aromatic nitrogens is 2. The smallest absolute Gasteiger partial charge is 0.381 e. The van der Waals surface area contributed by atoms with Gasteiger partial charge in [0.25, 0.3) is 0 Å². The van der Waals surface area contributed by atoms with E-state index >= 15 is 0 Å². The van der Waals surface area contributed by atoms with Crippen molar-refractivity contribution in [1.82, 2.24) is 15.5 Å². The van der Waals surface area contributed by atoms with E-state index in [1.165, 1.54) is 12.1 Å². The monoisotopic (exact) mass is 442 g/mol. The Morgan fingerprint density at radius 3 is 2.62 bits per heavy atom. The highest BCUT2D eigenvalue weighted by atomic mass is 19.4. The van der Waals surface area contributed by atoms with Crippen molar-refractivity contribution in [3.63, 3.8) is 0 Å². The normalized spacial score (nSPS) is 12.2. The van der Waals surface area contributed by atoms with Gasteiger partial charge in [-0.25, -0.2) is 0 Å². The molecule has 1 amide bonds. The predicted octanol–water partition coefficient (Wildman–Crippen LogP) is 3.78. The third-order valence-electron chi connectivity index (χ3n) is 4.79. The number of nitriles is 1. The summed E-state index contributed by atoms with van der Waals surface area (Å²) in [4.78, 5) is 12.9. The fraction of sp³-hybridized carbons (Fsp3) is 0.227. The number of nitrogens with one attached hydrogen (secondary N) is 3. The molecule has 32 heavy (non-hydrogen) atoms. The highest BCUT2D eigenvalue weighted by molar-refractivity contribution is 5.95. The van der Waals surface area contributed by atoms with E-state index in [1.54, 1.807) is 30.3 Å². The van der Waals surface area contributed by atoms with Gasteiger partial charge in [0.05, 0.1) is 11.3 Å². The number of nitrogens with zero attached hydrogens (tertiary/aromatic N) is 2. The molecule has 1 heterocycles. The summed E-state index contributed by atoms with van der Waals surface area (Å²) in [6, 6.07) is 14.6. The van der Waals surface area contributed by atoms with E-state index < -0.39 is 23.7 Å². The molecule has 1 atom stereocenters. The number of hydrogen-bond donors (Lipinski definition) is 4. The third-order valence-corrected chi connectivity index (χ3v) is 4.79. The first-order valence-electron chi connectivity index (χ1n) is 9.79. The van der Waals surface area contributed by atoms with E-state index in [9.17, 15) is 18.0 Å².